The molecule has 0 unspecified atom stereocenters. The van der Waals surface area contributed by atoms with Crippen LogP contribution in [0.4, 0.5) is 11.4 Å². The zero-order valence-corrected chi connectivity index (χ0v) is 60.7. The summed E-state index contributed by atoms with van der Waals surface area (Å²) in [4.78, 5) is 62.1. The van der Waals surface area contributed by atoms with E-state index < -0.39 is 18.1 Å². The third-order valence-corrected chi connectivity index (χ3v) is 21.1. The molecule has 5 aromatic heterocycles. The zero-order valence-electron chi connectivity index (χ0n) is 59.1. The van der Waals surface area contributed by atoms with Gasteiger partial charge in [-0.25, -0.2) is 0 Å². The number of amides is 3. The number of carbonyl (C=O) groups is 3. The lowest BCUT2D eigenvalue weighted by atomic mass is 9.90. The Morgan fingerprint density at radius 2 is 0.941 bits per heavy atom. The second kappa shape index (κ2) is 29.1. The number of thiophene rings is 2. The Morgan fingerprint density at radius 1 is 0.485 bits per heavy atom. The number of benzene rings is 6. The summed E-state index contributed by atoms with van der Waals surface area (Å²) < 4.78 is 13.7. The maximum atomic E-state index is 13.1. The first-order valence-electron chi connectivity index (χ1n) is 34.0. The summed E-state index contributed by atoms with van der Waals surface area (Å²) in [6.07, 6.45) is 4.57. The maximum Gasteiger partial charge on any atom is 0.227 e. The van der Waals surface area contributed by atoms with E-state index in [1.165, 1.54) is 37.6 Å². The minimum atomic E-state index is -0.475. The predicted molar refractivity (Wildman–Crippen MR) is 406 cm³/mol. The van der Waals surface area contributed by atoms with E-state index >= 15 is 0 Å². The van der Waals surface area contributed by atoms with Crippen molar-refractivity contribution in [1.29, 1.82) is 0 Å². The molecular formula is C82H80N12O5S2. The highest BCUT2D eigenvalue weighted by atomic mass is 32.1. The first-order chi connectivity index (χ1) is 48.7. The van der Waals surface area contributed by atoms with Crippen LogP contribution in [0.2, 0.25) is 0 Å². The van der Waals surface area contributed by atoms with E-state index in [2.05, 4.69) is 192 Å². The smallest absolute Gasteiger partial charge is 0.227 e. The number of anilines is 2. The lowest BCUT2D eigenvalue weighted by Crippen LogP contribution is -2.24. The van der Waals surface area contributed by atoms with Crippen molar-refractivity contribution in [2.45, 2.75) is 127 Å². The van der Waals surface area contributed by atoms with Crippen LogP contribution in [0, 0.1) is 83.1 Å². The van der Waals surface area contributed by atoms with Crippen molar-refractivity contribution >= 4 is 80.7 Å². The molecule has 3 atom stereocenters. The fourth-order valence-corrected chi connectivity index (χ4v) is 15.5. The van der Waals surface area contributed by atoms with Gasteiger partial charge in [-0.2, -0.15) is 0 Å². The van der Waals surface area contributed by atoms with Crippen LogP contribution in [0.15, 0.2) is 175 Å². The van der Waals surface area contributed by atoms with Gasteiger partial charge < -0.3 is 25.0 Å². The van der Waals surface area contributed by atoms with Crippen molar-refractivity contribution in [3.05, 3.63) is 268 Å². The molecule has 101 heavy (non-hydrogen) atoms. The van der Waals surface area contributed by atoms with Crippen molar-refractivity contribution in [2.24, 2.45) is 20.0 Å². The first-order valence-corrected chi connectivity index (χ1v) is 35.7. The van der Waals surface area contributed by atoms with Crippen LogP contribution in [0.25, 0.3) is 32.1 Å². The zero-order chi connectivity index (χ0) is 70.9. The highest BCUT2D eigenvalue weighted by Crippen LogP contribution is 2.48. The molecule has 0 saturated heterocycles. The summed E-state index contributed by atoms with van der Waals surface area (Å²) in [5.74, 6) is 2.50. The molecule has 4 aliphatic rings. The summed E-state index contributed by atoms with van der Waals surface area (Å²) in [7, 11) is 0. The van der Waals surface area contributed by atoms with E-state index in [1.54, 1.807) is 22.7 Å². The summed E-state index contributed by atoms with van der Waals surface area (Å²) in [6.45, 7) is 27.8. The summed E-state index contributed by atoms with van der Waals surface area (Å²) in [5, 5.41) is 27.3. The number of nitrogens with one attached hydrogen (secondary N) is 3. The normalized spacial score (nSPS) is 15.3. The number of nitrogens with zero attached hydrogens (tertiary/aromatic N) is 9. The van der Waals surface area contributed by atoms with Crippen molar-refractivity contribution < 1.29 is 23.4 Å². The molecular weight excluding hydrogens is 1300 g/mol. The highest BCUT2D eigenvalue weighted by Gasteiger charge is 2.37. The Kier molecular flexibility index (Phi) is 19.8. The number of aliphatic imine (C=N–C) groups is 4. The minimum absolute atomic E-state index is 0.0616. The molecule has 6 aromatic carbocycles. The molecule has 510 valence electrons. The molecule has 4 aliphatic heterocycles. The molecule has 3 N–H and O–H groups in total. The van der Waals surface area contributed by atoms with Gasteiger partial charge in [0, 0.05) is 72.1 Å². The molecule has 0 saturated carbocycles. The Morgan fingerprint density at radius 3 is 1.49 bits per heavy atom. The molecule has 19 heteroatoms. The number of fused-ring (bicyclic) bond motifs is 9. The van der Waals surface area contributed by atoms with Gasteiger partial charge in [0.05, 0.1) is 65.5 Å². The van der Waals surface area contributed by atoms with Crippen molar-refractivity contribution in [2.75, 3.05) is 23.7 Å². The van der Waals surface area contributed by atoms with Crippen LogP contribution in [0.1, 0.15) is 167 Å². The van der Waals surface area contributed by atoms with Gasteiger partial charge in [-0.3, -0.25) is 38.9 Å². The Balaban J connectivity index is 0.000000135. The molecule has 3 amide bonds. The minimum Gasteiger partial charge on any atom is -0.358 e. The molecule has 17 nitrogen and oxygen atoms in total. The molecule has 0 aliphatic carbocycles. The van der Waals surface area contributed by atoms with Crippen LogP contribution in [-0.4, -0.2) is 79.2 Å². The van der Waals surface area contributed by atoms with Gasteiger partial charge in [0.15, 0.2) is 17.3 Å². The number of aryl methyl sites for hydroxylation is 10. The average molecular weight is 1380 g/mol. The second-order valence-corrected chi connectivity index (χ2v) is 28.7. The third kappa shape index (κ3) is 14.3. The first kappa shape index (κ1) is 68.6. The number of aromatic nitrogens is 5. The molecule has 0 spiro atoms. The van der Waals surface area contributed by atoms with E-state index in [9.17, 15) is 14.4 Å². The number of carbonyl (C=O) groups excluding carboxylic acids is 3. The van der Waals surface area contributed by atoms with Gasteiger partial charge in [-0.05, 0) is 148 Å². The van der Waals surface area contributed by atoms with E-state index in [0.29, 0.717) is 30.4 Å². The van der Waals surface area contributed by atoms with Crippen LogP contribution in [0.3, 0.4) is 0 Å². The monoisotopic (exact) mass is 1380 g/mol. The molecule has 0 bridgehead atoms. The number of hydrogen-bond acceptors (Lipinski definition) is 15. The van der Waals surface area contributed by atoms with Crippen molar-refractivity contribution in [1.82, 2.24) is 30.4 Å². The van der Waals surface area contributed by atoms with Crippen LogP contribution in [0.5, 0.6) is 0 Å². The second-order valence-electron chi connectivity index (χ2n) is 26.3. The molecule has 9 heterocycles. The van der Waals surface area contributed by atoms with Gasteiger partial charge >= 0.3 is 0 Å². The number of allylic oxidation sites excluding steroid dienone is 1. The molecule has 0 radical (unpaired) electrons. The fourth-order valence-electron chi connectivity index (χ4n) is 13.0. The summed E-state index contributed by atoms with van der Waals surface area (Å²) in [6, 6.07) is 45.7. The predicted octanol–water partition coefficient (Wildman–Crippen LogP) is 17.5. The molecule has 15 rings (SSSR count). The van der Waals surface area contributed by atoms with Gasteiger partial charge in [0.1, 0.15) is 29.0 Å². The van der Waals surface area contributed by atoms with Gasteiger partial charge in [0.2, 0.25) is 17.7 Å². The average Bonchev–Trinajstić information content (AvgIpc) is 1.60. The fraction of sp³-hybridized carbons (Fsp3) is 0.256. The van der Waals surface area contributed by atoms with Crippen molar-refractivity contribution in [3.8, 4) is 26.6 Å². The highest BCUT2D eigenvalue weighted by molar-refractivity contribution is 7.16. The molecule has 0 fully saturated rings. The largest absolute Gasteiger partial charge is 0.358 e. The quantitative estimate of drug-likeness (QED) is 0.0998. The summed E-state index contributed by atoms with van der Waals surface area (Å²) >= 11 is 3.46. The third-order valence-electron chi connectivity index (χ3n) is 18.7. The Labute approximate surface area is 596 Å². The van der Waals surface area contributed by atoms with E-state index in [0.717, 1.165) is 128 Å². The molecule has 11 aromatic rings. The number of hydrogen-bond donors (Lipinski definition) is 3. The van der Waals surface area contributed by atoms with Crippen LogP contribution < -0.4 is 16.0 Å². The lowest BCUT2D eigenvalue weighted by Gasteiger charge is -2.14. The number of rotatable bonds is 13. The van der Waals surface area contributed by atoms with E-state index in [-0.39, 0.29) is 37.0 Å². The van der Waals surface area contributed by atoms with Gasteiger partial charge in [-0.15, -0.1) is 32.9 Å². The lowest BCUT2D eigenvalue weighted by molar-refractivity contribution is -0.121. The van der Waals surface area contributed by atoms with Crippen LogP contribution >= 0.6 is 22.7 Å². The Hall–Kier alpha value is -10.9. The van der Waals surface area contributed by atoms with E-state index in [1.807, 2.05) is 96.3 Å². The van der Waals surface area contributed by atoms with Crippen molar-refractivity contribution in [3.63, 3.8) is 0 Å². The van der Waals surface area contributed by atoms with Gasteiger partial charge in [-0.1, -0.05) is 153 Å². The Bertz CT molecular complexity index is 4940. The van der Waals surface area contributed by atoms with E-state index in [4.69, 9.17) is 24.0 Å². The topological polar surface area (TPSA) is 220 Å². The summed E-state index contributed by atoms with van der Waals surface area (Å²) in [5.41, 5.74) is 25.4. The SMILES string of the molecule is CCNC(=O)C[C@@H]1N=C(c2ccc(C)cc2)c2cc(C3=CCN=C3)ccc2-c2c(C)noc21.Cc1ccc(NC(=O)C[C@@H]2N=C(c3ccc(C)cc3)c3c(sc(C)c3C)-c3c(C)noc32)cc1.Cc1ccc(NC(=O)C[C@@H]2N=C(c3ccc(C)cc3)c3c(sc(C)c3C)-n3c(C)nnc32)cc1. The standard InChI is InChI=1S/C28H27N3O2S.C27H27N5OS.C27H26N4O2/c1-15-6-10-20(11-7-15)26-24-17(3)19(5)34-28(24)25-18(4)31-33-27(25)22(30-26)14-23(32)29-21-12-8-16(2)9-13-21;1-15-6-10-20(11-7-15)25-24-17(3)18(4)34-27(24)32-19(5)30-31-26(32)22(29-25)14-23(33)28-21-12-8-16(2)9-13-21;1-4-29-24(32)14-23-27-25(17(3)31-33-27)21-10-9-19(20-11-12-28-15-20)13-22(21)26(30-23)18-7-5-16(2)6-8-18/h6-13,22H,14H2,1-5H3,(H,29,32);6-13,22H,14H2,1-5H3,(H,28,33);5-11,13,15,23H,4,12,14H2,1-3H3,(H,29,32)/t2*22-;23-/m000/s1. The van der Waals surface area contributed by atoms with Gasteiger partial charge in [0.25, 0.3) is 0 Å². The van der Waals surface area contributed by atoms with Crippen LogP contribution in [-0.2, 0) is 14.4 Å². The maximum absolute atomic E-state index is 13.1.